The molecule has 1 N–H and O–H groups in total. The lowest BCUT2D eigenvalue weighted by atomic mass is 10.1. The molecule has 3 rings (SSSR count). The van der Waals surface area contributed by atoms with Crippen LogP contribution in [-0.4, -0.2) is 22.8 Å². The average Bonchev–Trinajstić information content (AvgIpc) is 2.88. The number of fused-ring (bicyclic) bond motifs is 3. The Hall–Kier alpha value is -2.37. The monoisotopic (exact) mass is 246 g/mol. The molecule has 1 aliphatic carbocycles. The summed E-state index contributed by atoms with van der Waals surface area (Å²) >= 11 is 0. The number of nitrogens with one attached hydrogen (secondary N) is 1. The van der Waals surface area contributed by atoms with Gasteiger partial charge in [0.2, 0.25) is 0 Å². The van der Waals surface area contributed by atoms with Crippen molar-refractivity contribution in [2.45, 2.75) is 12.8 Å². The number of benzene rings is 1. The van der Waals surface area contributed by atoms with Crippen LogP contribution >= 0.6 is 0 Å². The van der Waals surface area contributed by atoms with E-state index in [0.29, 0.717) is 24.1 Å². The number of methoxy groups -OCH3 is 1. The molecule has 1 heterocycles. The second-order valence-corrected chi connectivity index (χ2v) is 4.20. The third-order valence-electron chi connectivity index (χ3n) is 3.30. The number of hydrogen-bond acceptors (Lipinski definition) is 4. The molecule has 92 valence electrons. The van der Waals surface area contributed by atoms with E-state index in [1.54, 1.807) is 12.1 Å². The molecule has 2 aromatic rings. The number of aromatic amines is 1. The number of rotatable bonds is 2. The van der Waals surface area contributed by atoms with Crippen LogP contribution in [0.5, 0.6) is 5.75 Å². The fraction of sp³-hybridized carbons (Fsp3) is 0.250. The van der Waals surface area contributed by atoms with Gasteiger partial charge in [-0.25, -0.2) is 0 Å². The Balaban J connectivity index is 2.39. The van der Waals surface area contributed by atoms with Gasteiger partial charge in [0.05, 0.1) is 17.7 Å². The highest BCUT2D eigenvalue weighted by molar-refractivity contribution is 6.07. The molecule has 18 heavy (non-hydrogen) atoms. The minimum Gasteiger partial charge on any atom is -0.490 e. The highest BCUT2D eigenvalue weighted by atomic mass is 16.6. The van der Waals surface area contributed by atoms with Crippen LogP contribution in [0.25, 0.3) is 10.9 Å². The number of aryl methyl sites for hydroxylation is 1. The number of ketones is 1. The Morgan fingerprint density at radius 3 is 2.83 bits per heavy atom. The molecular weight excluding hydrogens is 236 g/mol. The molecule has 0 atom stereocenters. The van der Waals surface area contributed by atoms with Crippen LogP contribution in [0, 0.1) is 10.1 Å². The predicted molar refractivity (Wildman–Crippen MR) is 64.2 cm³/mol. The van der Waals surface area contributed by atoms with Gasteiger partial charge >= 0.3 is 5.69 Å². The average molecular weight is 246 g/mol. The van der Waals surface area contributed by atoms with Crippen LogP contribution in [0.4, 0.5) is 5.69 Å². The summed E-state index contributed by atoms with van der Waals surface area (Å²) in [5.74, 6) is 0.203. The molecule has 0 unspecified atom stereocenters. The third kappa shape index (κ3) is 1.25. The van der Waals surface area contributed by atoms with Crippen LogP contribution in [-0.2, 0) is 6.42 Å². The summed E-state index contributed by atoms with van der Waals surface area (Å²) in [7, 11) is 1.38. The van der Waals surface area contributed by atoms with Crippen LogP contribution in [0.15, 0.2) is 12.1 Å². The molecular formula is C12H10N2O4. The first-order valence-electron chi connectivity index (χ1n) is 5.52. The molecule has 6 nitrogen and oxygen atoms in total. The fourth-order valence-electron chi connectivity index (χ4n) is 2.49. The third-order valence-corrected chi connectivity index (χ3v) is 3.30. The summed E-state index contributed by atoms with van der Waals surface area (Å²) in [6.45, 7) is 0. The van der Waals surface area contributed by atoms with Gasteiger partial charge in [-0.3, -0.25) is 14.9 Å². The number of H-pyrrole nitrogens is 1. The van der Waals surface area contributed by atoms with Gasteiger partial charge < -0.3 is 9.72 Å². The Labute approximate surface area is 102 Å². The SMILES string of the molecule is COc1ccc2c3c([nH]c2c1[N+](=O)[O-])C(=O)CC3. The van der Waals surface area contributed by atoms with E-state index in [-0.39, 0.29) is 17.2 Å². The standard InChI is InChI=1S/C12H10N2O4/c1-18-9-5-3-7-6-2-4-8(15)10(6)13-11(7)12(9)14(16)17/h3,5,13H,2,4H2,1H3. The number of nitrogens with zero attached hydrogens (tertiary/aromatic N) is 1. The highest BCUT2D eigenvalue weighted by Gasteiger charge is 2.29. The maximum atomic E-state index is 11.6. The topological polar surface area (TPSA) is 85.2 Å². The second kappa shape index (κ2) is 3.56. The Bertz CT molecular complexity index is 687. The lowest BCUT2D eigenvalue weighted by Crippen LogP contribution is -1.96. The van der Waals surface area contributed by atoms with Crippen molar-refractivity contribution >= 4 is 22.4 Å². The zero-order valence-electron chi connectivity index (χ0n) is 9.65. The van der Waals surface area contributed by atoms with Crippen LogP contribution in [0.2, 0.25) is 0 Å². The van der Waals surface area contributed by atoms with Crippen molar-refractivity contribution in [1.29, 1.82) is 0 Å². The van der Waals surface area contributed by atoms with E-state index in [1.807, 2.05) is 0 Å². The summed E-state index contributed by atoms with van der Waals surface area (Å²) < 4.78 is 5.00. The molecule has 0 bridgehead atoms. The minimum absolute atomic E-state index is 0.00876. The first-order valence-corrected chi connectivity index (χ1v) is 5.52. The highest BCUT2D eigenvalue weighted by Crippen LogP contribution is 2.39. The van der Waals surface area contributed by atoms with Gasteiger partial charge in [-0.2, -0.15) is 0 Å². The van der Waals surface area contributed by atoms with Gasteiger partial charge in [0.15, 0.2) is 11.5 Å². The van der Waals surface area contributed by atoms with Crippen molar-refractivity contribution in [1.82, 2.24) is 4.98 Å². The number of aromatic nitrogens is 1. The summed E-state index contributed by atoms with van der Waals surface area (Å²) in [4.78, 5) is 25.2. The number of carbonyl (C=O) groups is 1. The van der Waals surface area contributed by atoms with Crippen molar-refractivity contribution in [3.05, 3.63) is 33.5 Å². The largest absolute Gasteiger partial charge is 0.490 e. The summed E-state index contributed by atoms with van der Waals surface area (Å²) in [5.41, 5.74) is 1.64. The van der Waals surface area contributed by atoms with Gasteiger partial charge in [-0.1, -0.05) is 0 Å². The van der Waals surface area contributed by atoms with Crippen LogP contribution in [0.3, 0.4) is 0 Å². The first-order chi connectivity index (χ1) is 8.63. The quantitative estimate of drug-likeness (QED) is 0.650. The van der Waals surface area contributed by atoms with Gasteiger partial charge in [0.25, 0.3) is 0 Å². The first kappa shape index (κ1) is 10.8. The van der Waals surface area contributed by atoms with E-state index in [0.717, 1.165) is 10.9 Å². The van der Waals surface area contributed by atoms with Gasteiger partial charge in [0, 0.05) is 11.8 Å². The molecule has 0 radical (unpaired) electrons. The molecule has 0 saturated carbocycles. The molecule has 0 saturated heterocycles. The van der Waals surface area contributed by atoms with Gasteiger partial charge in [-0.15, -0.1) is 0 Å². The molecule has 0 amide bonds. The molecule has 0 spiro atoms. The van der Waals surface area contributed by atoms with E-state index in [1.165, 1.54) is 7.11 Å². The fourth-order valence-corrected chi connectivity index (χ4v) is 2.49. The molecule has 0 fully saturated rings. The molecule has 1 aliphatic rings. The predicted octanol–water partition coefficient (Wildman–Crippen LogP) is 2.21. The van der Waals surface area contributed by atoms with Gasteiger partial charge in [-0.05, 0) is 24.1 Å². The molecule has 6 heteroatoms. The number of nitro groups is 1. The number of ether oxygens (including phenoxy) is 1. The number of carbonyl (C=O) groups excluding carboxylic acids is 1. The zero-order valence-corrected chi connectivity index (χ0v) is 9.65. The van der Waals surface area contributed by atoms with E-state index in [2.05, 4.69) is 4.98 Å². The number of nitro benzene ring substituents is 1. The Morgan fingerprint density at radius 2 is 2.17 bits per heavy atom. The summed E-state index contributed by atoms with van der Waals surface area (Å²) in [5, 5.41) is 11.9. The van der Waals surface area contributed by atoms with Crippen molar-refractivity contribution in [2.24, 2.45) is 0 Å². The second-order valence-electron chi connectivity index (χ2n) is 4.20. The summed E-state index contributed by atoms with van der Waals surface area (Å²) in [6, 6.07) is 3.33. The Kier molecular flexibility index (Phi) is 2.13. The van der Waals surface area contributed by atoms with Crippen molar-refractivity contribution in [2.75, 3.05) is 7.11 Å². The van der Waals surface area contributed by atoms with Crippen LogP contribution < -0.4 is 4.74 Å². The zero-order chi connectivity index (χ0) is 12.9. The maximum absolute atomic E-state index is 11.6. The smallest absolute Gasteiger partial charge is 0.334 e. The number of Topliss-reactive ketones (excluding diaryl/α,β-unsaturated/α-hetero) is 1. The van der Waals surface area contributed by atoms with E-state index < -0.39 is 4.92 Å². The Morgan fingerprint density at radius 1 is 1.39 bits per heavy atom. The lowest BCUT2D eigenvalue weighted by Gasteiger charge is -2.02. The minimum atomic E-state index is -0.489. The maximum Gasteiger partial charge on any atom is 0.334 e. The van der Waals surface area contributed by atoms with E-state index in [9.17, 15) is 14.9 Å². The molecule has 1 aromatic heterocycles. The van der Waals surface area contributed by atoms with Crippen molar-refractivity contribution in [3.8, 4) is 5.75 Å². The molecule has 0 aliphatic heterocycles. The van der Waals surface area contributed by atoms with Crippen molar-refractivity contribution < 1.29 is 14.5 Å². The van der Waals surface area contributed by atoms with E-state index in [4.69, 9.17) is 4.74 Å². The van der Waals surface area contributed by atoms with E-state index >= 15 is 0 Å². The lowest BCUT2D eigenvalue weighted by molar-refractivity contribution is -0.384. The normalized spacial score (nSPS) is 13.9. The summed E-state index contributed by atoms with van der Waals surface area (Å²) in [6.07, 6.45) is 1.11. The van der Waals surface area contributed by atoms with Crippen molar-refractivity contribution in [3.63, 3.8) is 0 Å². The molecule has 1 aromatic carbocycles. The number of hydrogen-bond donors (Lipinski definition) is 1. The van der Waals surface area contributed by atoms with Gasteiger partial charge in [0.1, 0.15) is 5.52 Å². The van der Waals surface area contributed by atoms with Crippen LogP contribution in [0.1, 0.15) is 22.5 Å².